The highest BCUT2D eigenvalue weighted by Crippen LogP contribution is 2.42. The summed E-state index contributed by atoms with van der Waals surface area (Å²) in [5.41, 5.74) is 2.42. The maximum Gasteiger partial charge on any atom is 0.217 e. The van der Waals surface area contributed by atoms with Crippen molar-refractivity contribution in [2.75, 3.05) is 18.5 Å². The molecule has 1 atom stereocenters. The lowest BCUT2D eigenvalue weighted by atomic mass is 9.99. The second kappa shape index (κ2) is 4.21. The van der Waals surface area contributed by atoms with Gasteiger partial charge in [-0.1, -0.05) is 18.2 Å². The van der Waals surface area contributed by atoms with Crippen LogP contribution in [0.3, 0.4) is 0 Å². The Bertz CT molecular complexity index is 593. The molecule has 1 aliphatic heterocycles. The largest absolute Gasteiger partial charge is 0.373 e. The Kier molecular flexibility index (Phi) is 2.87. The monoisotopic (exact) mass is 280 g/mol. The zero-order valence-corrected chi connectivity index (χ0v) is 12.2. The van der Waals surface area contributed by atoms with E-state index in [2.05, 4.69) is 21.8 Å². The third kappa shape index (κ3) is 2.25. The quantitative estimate of drug-likeness (QED) is 0.913. The summed E-state index contributed by atoms with van der Waals surface area (Å²) in [6, 6.07) is 8.16. The van der Waals surface area contributed by atoms with Crippen molar-refractivity contribution < 1.29 is 8.42 Å². The lowest BCUT2D eigenvalue weighted by Crippen LogP contribution is -2.49. The molecule has 1 saturated carbocycles. The molecular formula is C14H20N2O2S. The number of hydrogen-bond acceptors (Lipinski definition) is 3. The molecule has 0 bridgehead atoms. The molecule has 1 heterocycles. The van der Waals surface area contributed by atoms with E-state index in [0.29, 0.717) is 0 Å². The van der Waals surface area contributed by atoms with Crippen LogP contribution in [0.4, 0.5) is 5.69 Å². The van der Waals surface area contributed by atoms with E-state index in [1.807, 2.05) is 26.1 Å². The summed E-state index contributed by atoms with van der Waals surface area (Å²) in [5, 5.41) is 0. The minimum Gasteiger partial charge on any atom is -0.373 e. The Morgan fingerprint density at radius 2 is 2.00 bits per heavy atom. The number of hydrogen-bond donors (Lipinski definition) is 1. The van der Waals surface area contributed by atoms with Gasteiger partial charge in [0.05, 0.1) is 4.75 Å². The van der Waals surface area contributed by atoms with E-state index >= 15 is 0 Å². The molecule has 104 valence electrons. The molecule has 4 nitrogen and oxygen atoms in total. The minimum atomic E-state index is -3.19. The van der Waals surface area contributed by atoms with Gasteiger partial charge >= 0.3 is 0 Å². The van der Waals surface area contributed by atoms with E-state index in [1.54, 1.807) is 0 Å². The van der Waals surface area contributed by atoms with Crippen molar-refractivity contribution in [2.24, 2.45) is 0 Å². The summed E-state index contributed by atoms with van der Waals surface area (Å²) in [5.74, 6) is 0. The first-order valence-electron chi connectivity index (χ1n) is 6.72. The van der Waals surface area contributed by atoms with Crippen LogP contribution in [-0.4, -0.2) is 32.8 Å². The predicted octanol–water partition coefficient (Wildman–Crippen LogP) is 1.52. The molecule has 0 aromatic heterocycles. The van der Waals surface area contributed by atoms with Crippen LogP contribution >= 0.6 is 0 Å². The number of nitrogens with zero attached hydrogens (tertiary/aromatic N) is 1. The van der Waals surface area contributed by atoms with E-state index in [4.69, 9.17) is 0 Å². The van der Waals surface area contributed by atoms with E-state index < -0.39 is 14.8 Å². The van der Waals surface area contributed by atoms with Crippen LogP contribution in [0.5, 0.6) is 0 Å². The maximum atomic E-state index is 12.3. The van der Waals surface area contributed by atoms with Gasteiger partial charge in [-0.05, 0) is 37.8 Å². The van der Waals surface area contributed by atoms with Crippen LogP contribution < -0.4 is 9.62 Å². The topological polar surface area (TPSA) is 49.4 Å². The molecule has 1 N–H and O–H groups in total. The molecule has 2 aliphatic rings. The lowest BCUT2D eigenvalue weighted by molar-refractivity contribution is 0.524. The number of anilines is 1. The highest BCUT2D eigenvalue weighted by molar-refractivity contribution is 7.91. The molecule has 19 heavy (non-hydrogen) atoms. The van der Waals surface area contributed by atoms with Crippen molar-refractivity contribution in [2.45, 2.75) is 37.0 Å². The molecule has 3 rings (SSSR count). The fraction of sp³-hybridized carbons (Fsp3) is 0.571. The second-order valence-corrected chi connectivity index (χ2v) is 8.21. The van der Waals surface area contributed by atoms with Crippen molar-refractivity contribution in [3.63, 3.8) is 0 Å². The van der Waals surface area contributed by atoms with Crippen LogP contribution in [0, 0.1) is 0 Å². The van der Waals surface area contributed by atoms with Crippen LogP contribution in [0.25, 0.3) is 0 Å². The Morgan fingerprint density at radius 1 is 1.32 bits per heavy atom. The van der Waals surface area contributed by atoms with Gasteiger partial charge in [0.25, 0.3) is 0 Å². The van der Waals surface area contributed by atoms with Crippen molar-refractivity contribution in [1.29, 1.82) is 0 Å². The number of nitrogens with one attached hydrogen (secondary N) is 1. The Hall–Kier alpha value is -1.07. The smallest absolute Gasteiger partial charge is 0.217 e. The van der Waals surface area contributed by atoms with Crippen molar-refractivity contribution >= 4 is 15.7 Å². The third-order valence-corrected chi connectivity index (χ3v) is 6.64. The SMILES string of the molecule is CN1CC(NS(=O)(=O)C2(C)CC2)Cc2ccccc21. The van der Waals surface area contributed by atoms with Gasteiger partial charge in [-0.15, -0.1) is 0 Å². The van der Waals surface area contributed by atoms with Crippen molar-refractivity contribution in [3.8, 4) is 0 Å². The first kappa shape index (κ1) is 12.9. The summed E-state index contributed by atoms with van der Waals surface area (Å²) < 4.78 is 26.9. The molecule has 0 saturated heterocycles. The van der Waals surface area contributed by atoms with Crippen LogP contribution in [0.1, 0.15) is 25.3 Å². The molecule has 1 aromatic carbocycles. The molecule has 1 fully saturated rings. The van der Waals surface area contributed by atoms with Crippen LogP contribution in [-0.2, 0) is 16.4 Å². The summed E-state index contributed by atoms with van der Waals surface area (Å²) >= 11 is 0. The van der Waals surface area contributed by atoms with Gasteiger partial charge in [-0.3, -0.25) is 0 Å². The van der Waals surface area contributed by atoms with E-state index in [0.717, 1.165) is 25.8 Å². The molecule has 0 spiro atoms. The lowest BCUT2D eigenvalue weighted by Gasteiger charge is -2.34. The Morgan fingerprint density at radius 3 is 2.68 bits per heavy atom. The van der Waals surface area contributed by atoms with Gasteiger partial charge in [0.1, 0.15) is 0 Å². The van der Waals surface area contributed by atoms with Gasteiger partial charge in [-0.25, -0.2) is 13.1 Å². The van der Waals surface area contributed by atoms with Gasteiger partial charge in [0.2, 0.25) is 10.0 Å². The molecule has 1 aliphatic carbocycles. The van der Waals surface area contributed by atoms with E-state index in [-0.39, 0.29) is 6.04 Å². The predicted molar refractivity (Wildman–Crippen MR) is 76.9 cm³/mol. The molecule has 0 radical (unpaired) electrons. The normalized spacial score (nSPS) is 24.9. The van der Waals surface area contributed by atoms with Gasteiger partial charge < -0.3 is 4.90 Å². The van der Waals surface area contributed by atoms with Gasteiger partial charge in [-0.2, -0.15) is 0 Å². The number of benzene rings is 1. The fourth-order valence-corrected chi connectivity index (χ4v) is 4.22. The first-order chi connectivity index (χ1) is 8.91. The summed E-state index contributed by atoms with van der Waals surface area (Å²) in [6.45, 7) is 2.56. The molecule has 1 aromatic rings. The number of rotatable bonds is 3. The van der Waals surface area contributed by atoms with Crippen molar-refractivity contribution in [1.82, 2.24) is 4.72 Å². The summed E-state index contributed by atoms with van der Waals surface area (Å²) in [6.07, 6.45) is 2.33. The van der Waals surface area contributed by atoms with Crippen LogP contribution in [0.2, 0.25) is 0 Å². The van der Waals surface area contributed by atoms with E-state index in [9.17, 15) is 8.42 Å². The Balaban J connectivity index is 1.79. The third-order valence-electron chi connectivity index (χ3n) is 4.29. The fourth-order valence-electron chi connectivity index (χ4n) is 2.70. The zero-order valence-electron chi connectivity index (χ0n) is 11.4. The average Bonchev–Trinajstić information content (AvgIpc) is 3.09. The standard InChI is InChI=1S/C14H20N2O2S/c1-14(7-8-14)19(17,18)15-12-9-11-5-3-4-6-13(11)16(2)10-12/h3-6,12,15H,7-10H2,1-2H3. The van der Waals surface area contributed by atoms with Crippen LogP contribution in [0.15, 0.2) is 24.3 Å². The first-order valence-corrected chi connectivity index (χ1v) is 8.20. The average molecular weight is 280 g/mol. The summed E-state index contributed by atoms with van der Waals surface area (Å²) in [7, 11) is -1.18. The highest BCUT2D eigenvalue weighted by atomic mass is 32.2. The zero-order chi connectivity index (χ0) is 13.7. The minimum absolute atomic E-state index is 0.0256. The molecule has 5 heteroatoms. The Labute approximate surface area is 114 Å². The van der Waals surface area contributed by atoms with Gasteiger partial charge in [0.15, 0.2) is 0 Å². The number of fused-ring (bicyclic) bond motifs is 1. The highest BCUT2D eigenvalue weighted by Gasteiger charge is 2.50. The van der Waals surface area contributed by atoms with Crippen molar-refractivity contribution in [3.05, 3.63) is 29.8 Å². The molecule has 1 unspecified atom stereocenters. The summed E-state index contributed by atoms with van der Waals surface area (Å²) in [4.78, 5) is 2.13. The van der Waals surface area contributed by atoms with Gasteiger partial charge in [0, 0.05) is 25.3 Å². The van der Waals surface area contributed by atoms with E-state index in [1.165, 1.54) is 11.3 Å². The molecule has 0 amide bonds. The maximum absolute atomic E-state index is 12.3. The number of likely N-dealkylation sites (N-methyl/N-ethyl adjacent to an activating group) is 1. The number of sulfonamides is 1. The second-order valence-electron chi connectivity index (χ2n) is 5.98. The molecular weight excluding hydrogens is 260 g/mol. The number of para-hydroxylation sites is 1.